The standard InChI is InChI=1S/C21H22N4O2S/c1-2-3-18-13-19(26)25-21(24-18)28-14-20(27)23-17-6-4-15(5-7-17)12-16-8-10-22-11-9-16/h4-11,13H,2-3,12,14H2,1H3,(H,23,27)(H,24,25,26). The number of pyridine rings is 1. The molecule has 6 nitrogen and oxygen atoms in total. The number of nitrogens with one attached hydrogen (secondary N) is 2. The Morgan fingerprint density at radius 2 is 1.82 bits per heavy atom. The number of aromatic amines is 1. The molecule has 0 atom stereocenters. The van der Waals surface area contributed by atoms with Gasteiger partial charge in [-0.15, -0.1) is 0 Å². The average molecular weight is 395 g/mol. The van der Waals surface area contributed by atoms with E-state index >= 15 is 0 Å². The zero-order valence-corrected chi connectivity index (χ0v) is 16.5. The van der Waals surface area contributed by atoms with Crippen molar-refractivity contribution in [1.29, 1.82) is 0 Å². The lowest BCUT2D eigenvalue weighted by molar-refractivity contribution is -0.113. The van der Waals surface area contributed by atoms with E-state index in [1.165, 1.54) is 23.4 Å². The van der Waals surface area contributed by atoms with Gasteiger partial charge in [0.15, 0.2) is 5.16 Å². The van der Waals surface area contributed by atoms with Gasteiger partial charge in [0.25, 0.3) is 5.56 Å². The van der Waals surface area contributed by atoms with Crippen LogP contribution in [0.4, 0.5) is 5.69 Å². The first-order chi connectivity index (χ1) is 13.6. The van der Waals surface area contributed by atoms with E-state index in [1.54, 1.807) is 12.4 Å². The van der Waals surface area contributed by atoms with Gasteiger partial charge in [0, 0.05) is 29.8 Å². The molecule has 1 amide bonds. The number of amides is 1. The molecular formula is C21H22N4O2S. The molecule has 0 spiro atoms. The number of hydrogen-bond acceptors (Lipinski definition) is 5. The van der Waals surface area contributed by atoms with E-state index in [2.05, 4.69) is 20.3 Å². The molecular weight excluding hydrogens is 372 g/mol. The topological polar surface area (TPSA) is 87.7 Å². The zero-order valence-electron chi connectivity index (χ0n) is 15.6. The molecule has 0 fully saturated rings. The molecule has 0 saturated heterocycles. The fourth-order valence-electron chi connectivity index (χ4n) is 2.71. The summed E-state index contributed by atoms with van der Waals surface area (Å²) in [6.45, 7) is 2.03. The van der Waals surface area contributed by atoms with Crippen LogP contribution in [0.15, 0.2) is 64.8 Å². The van der Waals surface area contributed by atoms with Crippen LogP contribution in [0.5, 0.6) is 0 Å². The minimum atomic E-state index is -0.189. The number of anilines is 1. The second kappa shape index (κ2) is 9.85. The number of carbonyl (C=O) groups is 1. The molecule has 2 aromatic heterocycles. The molecule has 0 saturated carbocycles. The first-order valence-corrected chi connectivity index (χ1v) is 10.1. The van der Waals surface area contributed by atoms with Crippen molar-refractivity contribution in [2.24, 2.45) is 0 Å². The number of aromatic nitrogens is 3. The summed E-state index contributed by atoms with van der Waals surface area (Å²) in [5.74, 6) is 0.0347. The van der Waals surface area contributed by atoms with E-state index in [4.69, 9.17) is 0 Å². The lowest BCUT2D eigenvalue weighted by Gasteiger charge is -2.07. The molecule has 2 N–H and O–H groups in total. The van der Waals surface area contributed by atoms with Crippen LogP contribution in [-0.2, 0) is 17.6 Å². The predicted octanol–water partition coefficient (Wildman–Crippen LogP) is 3.44. The highest BCUT2D eigenvalue weighted by Gasteiger charge is 2.07. The Bertz CT molecular complexity index is 972. The first-order valence-electron chi connectivity index (χ1n) is 9.13. The van der Waals surface area contributed by atoms with Gasteiger partial charge in [-0.2, -0.15) is 0 Å². The fourth-order valence-corrected chi connectivity index (χ4v) is 3.40. The smallest absolute Gasteiger partial charge is 0.251 e. The molecule has 0 aliphatic carbocycles. The van der Waals surface area contributed by atoms with Gasteiger partial charge in [0.05, 0.1) is 5.75 Å². The van der Waals surface area contributed by atoms with Gasteiger partial charge in [-0.25, -0.2) is 4.98 Å². The molecule has 3 aromatic rings. The van der Waals surface area contributed by atoms with Crippen LogP contribution < -0.4 is 10.9 Å². The highest BCUT2D eigenvalue weighted by atomic mass is 32.2. The molecule has 28 heavy (non-hydrogen) atoms. The van der Waals surface area contributed by atoms with Crippen molar-refractivity contribution in [3.05, 3.63) is 82.0 Å². The number of nitrogens with zero attached hydrogens (tertiary/aromatic N) is 2. The summed E-state index contributed by atoms with van der Waals surface area (Å²) in [5, 5.41) is 3.34. The van der Waals surface area contributed by atoms with Crippen molar-refractivity contribution in [2.45, 2.75) is 31.3 Å². The summed E-state index contributed by atoms with van der Waals surface area (Å²) in [6, 6.07) is 13.2. The number of aryl methyl sites for hydroxylation is 1. The van der Waals surface area contributed by atoms with E-state index in [0.29, 0.717) is 5.16 Å². The van der Waals surface area contributed by atoms with Crippen LogP contribution in [0.1, 0.15) is 30.2 Å². The Morgan fingerprint density at radius 3 is 2.54 bits per heavy atom. The third kappa shape index (κ3) is 6.06. The summed E-state index contributed by atoms with van der Waals surface area (Å²) < 4.78 is 0. The van der Waals surface area contributed by atoms with E-state index < -0.39 is 0 Å². The maximum Gasteiger partial charge on any atom is 0.251 e. The highest BCUT2D eigenvalue weighted by Crippen LogP contribution is 2.15. The van der Waals surface area contributed by atoms with E-state index in [1.807, 2.05) is 43.3 Å². The summed E-state index contributed by atoms with van der Waals surface area (Å²) in [4.78, 5) is 34.9. The molecule has 0 bridgehead atoms. The second-order valence-corrected chi connectivity index (χ2v) is 7.32. The molecule has 0 aliphatic rings. The SMILES string of the molecule is CCCc1cc(=O)[nH]c(SCC(=O)Nc2ccc(Cc3ccncc3)cc2)n1. The minimum Gasteiger partial charge on any atom is -0.325 e. The normalized spacial score (nSPS) is 10.6. The minimum absolute atomic E-state index is 0.143. The zero-order chi connectivity index (χ0) is 19.8. The summed E-state index contributed by atoms with van der Waals surface area (Å²) in [6.07, 6.45) is 6.04. The molecule has 0 unspecified atom stereocenters. The van der Waals surface area contributed by atoms with Gasteiger partial charge in [-0.05, 0) is 48.2 Å². The van der Waals surface area contributed by atoms with Gasteiger partial charge >= 0.3 is 0 Å². The Labute approximate surface area is 167 Å². The first kappa shape index (κ1) is 19.8. The van der Waals surface area contributed by atoms with Crippen LogP contribution in [0.3, 0.4) is 0 Å². The van der Waals surface area contributed by atoms with E-state index in [0.717, 1.165) is 36.2 Å². The maximum absolute atomic E-state index is 12.2. The molecule has 1 aromatic carbocycles. The van der Waals surface area contributed by atoms with Crippen molar-refractivity contribution in [2.75, 3.05) is 11.1 Å². The molecule has 0 radical (unpaired) electrons. The summed E-state index contributed by atoms with van der Waals surface area (Å²) >= 11 is 1.22. The van der Waals surface area contributed by atoms with Crippen molar-refractivity contribution < 1.29 is 4.79 Å². The second-order valence-electron chi connectivity index (χ2n) is 6.36. The summed E-state index contributed by atoms with van der Waals surface area (Å²) in [5.41, 5.74) is 3.65. The lowest BCUT2D eigenvalue weighted by Crippen LogP contribution is -2.16. The fraction of sp³-hybridized carbons (Fsp3) is 0.238. The van der Waals surface area contributed by atoms with Crippen molar-refractivity contribution in [1.82, 2.24) is 15.0 Å². The quantitative estimate of drug-likeness (QED) is 0.451. The van der Waals surface area contributed by atoms with Gasteiger partial charge < -0.3 is 10.3 Å². The van der Waals surface area contributed by atoms with Gasteiger partial charge in [-0.1, -0.05) is 37.2 Å². The van der Waals surface area contributed by atoms with Gasteiger partial charge in [-0.3, -0.25) is 14.6 Å². The van der Waals surface area contributed by atoms with E-state index in [-0.39, 0.29) is 17.2 Å². The number of carbonyl (C=O) groups excluding carboxylic acids is 1. The van der Waals surface area contributed by atoms with Crippen molar-refractivity contribution in [3.8, 4) is 0 Å². The Balaban J connectivity index is 1.53. The number of H-pyrrole nitrogens is 1. The van der Waals surface area contributed by atoms with Crippen molar-refractivity contribution in [3.63, 3.8) is 0 Å². The third-order valence-electron chi connectivity index (χ3n) is 4.01. The van der Waals surface area contributed by atoms with Crippen LogP contribution in [-0.4, -0.2) is 26.6 Å². The lowest BCUT2D eigenvalue weighted by atomic mass is 10.1. The number of rotatable bonds is 8. The van der Waals surface area contributed by atoms with Crippen LogP contribution in [0.2, 0.25) is 0 Å². The van der Waals surface area contributed by atoms with Gasteiger partial charge in [0.2, 0.25) is 5.91 Å². The van der Waals surface area contributed by atoms with E-state index in [9.17, 15) is 9.59 Å². The number of hydrogen-bond donors (Lipinski definition) is 2. The third-order valence-corrected chi connectivity index (χ3v) is 4.89. The Hall–Kier alpha value is -2.93. The predicted molar refractivity (Wildman–Crippen MR) is 112 cm³/mol. The number of thioether (sulfide) groups is 1. The molecule has 0 aliphatic heterocycles. The molecule has 3 rings (SSSR count). The monoisotopic (exact) mass is 394 g/mol. The Morgan fingerprint density at radius 1 is 1.11 bits per heavy atom. The van der Waals surface area contributed by atoms with Crippen LogP contribution in [0, 0.1) is 0 Å². The maximum atomic E-state index is 12.2. The highest BCUT2D eigenvalue weighted by molar-refractivity contribution is 7.99. The molecule has 144 valence electrons. The number of benzene rings is 1. The Kier molecular flexibility index (Phi) is 6.97. The van der Waals surface area contributed by atoms with Gasteiger partial charge in [0.1, 0.15) is 0 Å². The molecule has 2 heterocycles. The molecule has 7 heteroatoms. The van der Waals surface area contributed by atoms with Crippen LogP contribution in [0.25, 0.3) is 0 Å². The average Bonchev–Trinajstić information content (AvgIpc) is 2.69. The summed E-state index contributed by atoms with van der Waals surface area (Å²) in [7, 11) is 0. The van der Waals surface area contributed by atoms with Crippen LogP contribution >= 0.6 is 11.8 Å². The van der Waals surface area contributed by atoms with Crippen molar-refractivity contribution >= 4 is 23.4 Å². The largest absolute Gasteiger partial charge is 0.325 e.